The molecule has 20 heavy (non-hydrogen) atoms. The zero-order valence-corrected chi connectivity index (χ0v) is 12.3. The van der Waals surface area contributed by atoms with Crippen molar-refractivity contribution in [3.8, 4) is 0 Å². The van der Waals surface area contributed by atoms with E-state index in [-0.39, 0.29) is 18.0 Å². The number of piperidine rings is 1. The number of likely N-dealkylation sites (tertiary alicyclic amines) is 1. The quantitative estimate of drug-likeness (QED) is 0.818. The summed E-state index contributed by atoms with van der Waals surface area (Å²) < 4.78 is 1.34. The summed E-state index contributed by atoms with van der Waals surface area (Å²) in [6.07, 6.45) is 4.21. The highest BCUT2D eigenvalue weighted by Crippen LogP contribution is 2.21. The normalized spacial score (nSPS) is 18.7. The smallest absolute Gasteiger partial charge is 0.267 e. The molecule has 0 aliphatic carbocycles. The Hall–Kier alpha value is -1.30. The number of hydrogen-bond donors (Lipinski definition) is 0. The fraction of sp³-hybridized carbons (Fsp3) is 0.643. The second-order valence-electron chi connectivity index (χ2n) is 5.36. The minimum atomic E-state index is -0.156. The molecule has 6 heteroatoms. The van der Waals surface area contributed by atoms with Crippen LogP contribution in [0, 0.1) is 0 Å². The van der Waals surface area contributed by atoms with Gasteiger partial charge in [0.05, 0.1) is 5.69 Å². The molecule has 0 saturated carbocycles. The van der Waals surface area contributed by atoms with Gasteiger partial charge in [-0.15, -0.1) is 0 Å². The highest BCUT2D eigenvalue weighted by atomic mass is 32.2. The van der Waals surface area contributed by atoms with Crippen LogP contribution in [0.2, 0.25) is 0 Å². The molecule has 3 rings (SSSR count). The van der Waals surface area contributed by atoms with Gasteiger partial charge in [0.2, 0.25) is 5.91 Å². The summed E-state index contributed by atoms with van der Waals surface area (Å²) in [7, 11) is 0. The van der Waals surface area contributed by atoms with Crippen molar-refractivity contribution in [3.63, 3.8) is 0 Å². The van der Waals surface area contributed by atoms with Crippen LogP contribution < -0.4 is 5.56 Å². The Bertz CT molecular complexity index is 564. The highest BCUT2D eigenvalue weighted by Gasteiger charge is 2.19. The van der Waals surface area contributed by atoms with E-state index in [2.05, 4.69) is 5.10 Å². The Morgan fingerprint density at radius 1 is 1.30 bits per heavy atom. The number of carbonyl (C=O) groups is 1. The van der Waals surface area contributed by atoms with E-state index in [1.54, 1.807) is 6.07 Å². The van der Waals surface area contributed by atoms with Gasteiger partial charge in [0.1, 0.15) is 6.54 Å². The van der Waals surface area contributed by atoms with Gasteiger partial charge in [0.15, 0.2) is 0 Å². The molecule has 0 atom stereocenters. The molecular formula is C14H19N3O2S. The average molecular weight is 293 g/mol. The minimum Gasteiger partial charge on any atom is -0.341 e. The van der Waals surface area contributed by atoms with Crippen LogP contribution in [0.1, 0.15) is 30.5 Å². The summed E-state index contributed by atoms with van der Waals surface area (Å²) in [4.78, 5) is 26.1. The molecule has 1 amide bonds. The predicted molar refractivity (Wildman–Crippen MR) is 78.8 cm³/mol. The first-order chi connectivity index (χ1) is 9.74. The largest absolute Gasteiger partial charge is 0.341 e. The number of thioether (sulfide) groups is 1. The van der Waals surface area contributed by atoms with Crippen molar-refractivity contribution in [1.29, 1.82) is 0 Å². The van der Waals surface area contributed by atoms with Crippen LogP contribution in [0.25, 0.3) is 0 Å². The first kappa shape index (κ1) is 13.7. The highest BCUT2D eigenvalue weighted by molar-refractivity contribution is 7.98. The average Bonchev–Trinajstić information content (AvgIpc) is 2.49. The monoisotopic (exact) mass is 293 g/mol. The van der Waals surface area contributed by atoms with Gasteiger partial charge in [-0.3, -0.25) is 9.59 Å². The summed E-state index contributed by atoms with van der Waals surface area (Å²) >= 11 is 1.83. The van der Waals surface area contributed by atoms with Gasteiger partial charge in [-0.2, -0.15) is 16.9 Å². The lowest BCUT2D eigenvalue weighted by atomic mass is 10.1. The van der Waals surface area contributed by atoms with Gasteiger partial charge < -0.3 is 4.90 Å². The molecule has 0 N–H and O–H groups in total. The van der Waals surface area contributed by atoms with Crippen molar-refractivity contribution in [2.24, 2.45) is 0 Å². The fourth-order valence-electron chi connectivity index (χ4n) is 2.74. The number of aryl methyl sites for hydroxylation is 1. The van der Waals surface area contributed by atoms with Gasteiger partial charge in [-0.05, 0) is 30.6 Å². The third-order valence-corrected chi connectivity index (χ3v) is 4.91. The Morgan fingerprint density at radius 3 is 2.90 bits per heavy atom. The molecule has 2 aliphatic heterocycles. The molecule has 1 saturated heterocycles. The standard InChI is InChI=1S/C14H19N3O2S/c18-13-8-11-10-20-7-4-12(11)15-17(13)9-14(19)16-5-2-1-3-6-16/h8H,1-7,9-10H2. The van der Waals surface area contributed by atoms with Crippen LogP contribution in [0.15, 0.2) is 10.9 Å². The molecule has 0 spiro atoms. The summed E-state index contributed by atoms with van der Waals surface area (Å²) in [6.45, 7) is 1.71. The summed E-state index contributed by atoms with van der Waals surface area (Å²) in [6, 6.07) is 1.65. The van der Waals surface area contributed by atoms with Crippen molar-refractivity contribution in [3.05, 3.63) is 27.7 Å². The summed E-state index contributed by atoms with van der Waals surface area (Å²) in [5.74, 6) is 1.92. The molecule has 3 heterocycles. The summed E-state index contributed by atoms with van der Waals surface area (Å²) in [5, 5.41) is 4.39. The Balaban J connectivity index is 1.76. The second kappa shape index (κ2) is 5.99. The molecular weight excluding hydrogens is 274 g/mol. The second-order valence-corrected chi connectivity index (χ2v) is 6.46. The molecule has 1 aromatic heterocycles. The van der Waals surface area contributed by atoms with Gasteiger partial charge in [0, 0.05) is 31.3 Å². The van der Waals surface area contributed by atoms with Crippen LogP contribution >= 0.6 is 11.8 Å². The lowest BCUT2D eigenvalue weighted by Crippen LogP contribution is -2.40. The predicted octanol–water partition coefficient (Wildman–Crippen LogP) is 1.05. The molecule has 0 bridgehead atoms. The van der Waals surface area contributed by atoms with Crippen molar-refractivity contribution < 1.29 is 4.79 Å². The zero-order valence-electron chi connectivity index (χ0n) is 11.5. The van der Waals surface area contributed by atoms with Gasteiger partial charge in [-0.25, -0.2) is 4.68 Å². The molecule has 2 aliphatic rings. The van der Waals surface area contributed by atoms with E-state index in [9.17, 15) is 9.59 Å². The molecule has 1 fully saturated rings. The number of amides is 1. The topological polar surface area (TPSA) is 55.2 Å². The van der Waals surface area contributed by atoms with Crippen molar-refractivity contribution >= 4 is 17.7 Å². The number of carbonyl (C=O) groups excluding carboxylic acids is 1. The van der Waals surface area contributed by atoms with Crippen LogP contribution in [-0.2, 0) is 23.5 Å². The Kier molecular flexibility index (Phi) is 4.10. The van der Waals surface area contributed by atoms with E-state index in [1.165, 1.54) is 11.1 Å². The first-order valence-electron chi connectivity index (χ1n) is 7.19. The molecule has 0 unspecified atom stereocenters. The van der Waals surface area contributed by atoms with Crippen LogP contribution in [0.5, 0.6) is 0 Å². The fourth-order valence-corrected chi connectivity index (χ4v) is 3.69. The number of aromatic nitrogens is 2. The van der Waals surface area contributed by atoms with E-state index in [4.69, 9.17) is 0 Å². The SMILES string of the molecule is O=C(Cn1nc2c(cc1=O)CSCC2)N1CCCCC1. The van der Waals surface area contributed by atoms with Crippen molar-refractivity contribution in [2.75, 3.05) is 18.8 Å². The third kappa shape index (κ3) is 2.90. The number of rotatable bonds is 2. The molecule has 0 aromatic carbocycles. The van der Waals surface area contributed by atoms with Crippen LogP contribution in [0.3, 0.4) is 0 Å². The molecule has 5 nitrogen and oxygen atoms in total. The van der Waals surface area contributed by atoms with Gasteiger partial charge in [-0.1, -0.05) is 0 Å². The third-order valence-electron chi connectivity index (χ3n) is 3.90. The maximum Gasteiger partial charge on any atom is 0.267 e. The minimum absolute atomic E-state index is 0.0180. The van der Waals surface area contributed by atoms with Crippen molar-refractivity contribution in [1.82, 2.24) is 14.7 Å². The van der Waals surface area contributed by atoms with E-state index >= 15 is 0 Å². The lowest BCUT2D eigenvalue weighted by Gasteiger charge is -2.26. The number of nitrogens with zero attached hydrogens (tertiary/aromatic N) is 3. The van der Waals surface area contributed by atoms with Crippen LogP contribution in [-0.4, -0.2) is 39.4 Å². The number of hydrogen-bond acceptors (Lipinski definition) is 4. The Labute approximate surface area is 122 Å². The maximum atomic E-state index is 12.2. The van der Waals surface area contributed by atoms with E-state index in [1.807, 2.05) is 16.7 Å². The zero-order chi connectivity index (χ0) is 13.9. The van der Waals surface area contributed by atoms with E-state index in [0.29, 0.717) is 0 Å². The molecule has 1 aromatic rings. The van der Waals surface area contributed by atoms with Crippen molar-refractivity contribution in [2.45, 2.75) is 38.0 Å². The number of fused-ring (bicyclic) bond motifs is 1. The molecule has 0 radical (unpaired) electrons. The first-order valence-corrected chi connectivity index (χ1v) is 8.35. The van der Waals surface area contributed by atoms with Gasteiger partial charge in [0.25, 0.3) is 5.56 Å². The molecule has 108 valence electrons. The Morgan fingerprint density at radius 2 is 2.10 bits per heavy atom. The van der Waals surface area contributed by atoms with E-state index < -0.39 is 0 Å². The summed E-state index contributed by atoms with van der Waals surface area (Å²) in [5.41, 5.74) is 1.86. The van der Waals surface area contributed by atoms with E-state index in [0.717, 1.165) is 55.1 Å². The lowest BCUT2D eigenvalue weighted by molar-refractivity contribution is -0.133. The van der Waals surface area contributed by atoms with Gasteiger partial charge >= 0.3 is 0 Å². The van der Waals surface area contributed by atoms with Crippen LogP contribution in [0.4, 0.5) is 0 Å². The maximum absolute atomic E-state index is 12.2.